The molecule has 1 atom stereocenters. The number of nitrogens with zero attached hydrogens (tertiary/aromatic N) is 1. The highest BCUT2D eigenvalue weighted by Gasteiger charge is 2.06. The molecule has 1 aromatic carbocycles. The molecule has 0 saturated heterocycles. The highest BCUT2D eigenvalue weighted by Crippen LogP contribution is 2.12. The van der Waals surface area contributed by atoms with Gasteiger partial charge in [0.2, 0.25) is 5.91 Å². The van der Waals surface area contributed by atoms with Crippen molar-refractivity contribution < 1.29 is 4.79 Å². The zero-order valence-electron chi connectivity index (χ0n) is 11.0. The molecule has 0 fully saturated rings. The van der Waals surface area contributed by atoms with E-state index >= 15 is 0 Å². The van der Waals surface area contributed by atoms with Crippen molar-refractivity contribution in [2.75, 3.05) is 0 Å². The van der Waals surface area contributed by atoms with Gasteiger partial charge in [-0.15, -0.1) is 11.3 Å². The average Bonchev–Trinajstić information content (AvgIpc) is 2.83. The van der Waals surface area contributed by atoms with E-state index in [9.17, 15) is 4.79 Å². The van der Waals surface area contributed by atoms with Crippen molar-refractivity contribution in [2.24, 2.45) is 0 Å². The number of nitrogens with one attached hydrogen (secondary N) is 1. The fraction of sp³-hybridized carbons (Fsp3) is 0.200. The van der Waals surface area contributed by atoms with E-state index in [4.69, 9.17) is 0 Å². The number of amides is 1. The van der Waals surface area contributed by atoms with E-state index < -0.39 is 0 Å². The molecular weight excluding hydrogens is 256 g/mol. The van der Waals surface area contributed by atoms with Crippen molar-refractivity contribution in [2.45, 2.75) is 19.9 Å². The second-order valence-corrected chi connectivity index (χ2v) is 5.33. The van der Waals surface area contributed by atoms with Gasteiger partial charge in [0.05, 0.1) is 16.7 Å². The molecule has 0 radical (unpaired) electrons. The zero-order valence-corrected chi connectivity index (χ0v) is 11.8. The molecule has 0 aliphatic carbocycles. The van der Waals surface area contributed by atoms with Crippen molar-refractivity contribution in [1.29, 1.82) is 0 Å². The topological polar surface area (TPSA) is 42.0 Å². The summed E-state index contributed by atoms with van der Waals surface area (Å²) in [6.07, 6.45) is 3.25. The molecule has 1 aromatic heterocycles. The predicted octanol–water partition coefficient (Wildman–Crippen LogP) is 3.34. The summed E-state index contributed by atoms with van der Waals surface area (Å²) in [5.74, 6) is -0.109. The van der Waals surface area contributed by atoms with Crippen LogP contribution in [-0.2, 0) is 4.79 Å². The number of carbonyl (C=O) groups is 1. The first-order valence-corrected chi connectivity index (χ1v) is 6.99. The van der Waals surface area contributed by atoms with Crippen LogP contribution in [0.15, 0.2) is 41.8 Å². The van der Waals surface area contributed by atoms with Gasteiger partial charge in [0, 0.05) is 11.5 Å². The second kappa shape index (κ2) is 6.29. The molecule has 4 heteroatoms. The van der Waals surface area contributed by atoms with Crippen LogP contribution < -0.4 is 5.32 Å². The monoisotopic (exact) mass is 272 g/mol. The van der Waals surface area contributed by atoms with Crippen LogP contribution in [0.5, 0.6) is 0 Å². The molecule has 0 aliphatic rings. The first-order valence-electron chi connectivity index (χ1n) is 6.11. The van der Waals surface area contributed by atoms with Gasteiger partial charge in [-0.25, -0.2) is 4.98 Å². The Hall–Kier alpha value is -1.94. The number of hydrogen-bond donors (Lipinski definition) is 1. The van der Waals surface area contributed by atoms with Crippen LogP contribution in [0.3, 0.4) is 0 Å². The summed E-state index contributed by atoms with van der Waals surface area (Å²) in [6.45, 7) is 3.91. The molecule has 1 N–H and O–H groups in total. The number of hydrogen-bond acceptors (Lipinski definition) is 3. The Kier molecular flexibility index (Phi) is 4.47. The third-order valence-corrected chi connectivity index (χ3v) is 3.49. The van der Waals surface area contributed by atoms with Gasteiger partial charge in [-0.05, 0) is 25.5 Å². The Balaban J connectivity index is 1.93. The summed E-state index contributed by atoms with van der Waals surface area (Å²) in [4.78, 5) is 16.1. The Bertz CT molecular complexity index is 575. The van der Waals surface area contributed by atoms with Crippen LogP contribution in [0.4, 0.5) is 0 Å². The largest absolute Gasteiger partial charge is 0.346 e. The number of aryl methyl sites for hydroxylation is 1. The molecule has 1 heterocycles. The van der Waals surface area contributed by atoms with Crippen molar-refractivity contribution >= 4 is 23.3 Å². The minimum absolute atomic E-state index is 0.00415. The summed E-state index contributed by atoms with van der Waals surface area (Å²) in [7, 11) is 0. The molecular formula is C15H16N2OS. The fourth-order valence-electron chi connectivity index (χ4n) is 1.70. The number of thiazole rings is 1. The van der Waals surface area contributed by atoms with Crippen molar-refractivity contribution in [3.05, 3.63) is 58.1 Å². The molecule has 0 spiro atoms. The van der Waals surface area contributed by atoms with Crippen LogP contribution in [0.2, 0.25) is 0 Å². The van der Waals surface area contributed by atoms with Crippen molar-refractivity contribution in [3.63, 3.8) is 0 Å². The summed E-state index contributed by atoms with van der Waals surface area (Å²) < 4.78 is 0. The Labute approximate surface area is 117 Å². The first-order chi connectivity index (χ1) is 9.15. The molecule has 98 valence electrons. The summed E-state index contributed by atoms with van der Waals surface area (Å²) in [5, 5.41) is 5.85. The lowest BCUT2D eigenvalue weighted by Crippen LogP contribution is -2.24. The van der Waals surface area contributed by atoms with E-state index in [1.165, 1.54) is 6.08 Å². The van der Waals surface area contributed by atoms with Crippen LogP contribution >= 0.6 is 11.3 Å². The highest BCUT2D eigenvalue weighted by atomic mass is 32.1. The van der Waals surface area contributed by atoms with Gasteiger partial charge in [-0.3, -0.25) is 4.79 Å². The Morgan fingerprint density at radius 2 is 2.11 bits per heavy atom. The molecule has 0 aliphatic heterocycles. The van der Waals surface area contributed by atoms with E-state index in [1.807, 2.05) is 49.6 Å². The minimum Gasteiger partial charge on any atom is -0.346 e. The number of benzene rings is 1. The fourth-order valence-corrected chi connectivity index (χ4v) is 2.29. The molecule has 1 amide bonds. The predicted molar refractivity (Wildman–Crippen MR) is 78.9 cm³/mol. The molecule has 2 rings (SSSR count). The van der Waals surface area contributed by atoms with E-state index in [1.54, 1.807) is 17.4 Å². The normalized spacial score (nSPS) is 12.5. The van der Waals surface area contributed by atoms with Crippen LogP contribution in [0.1, 0.15) is 29.2 Å². The van der Waals surface area contributed by atoms with Gasteiger partial charge >= 0.3 is 0 Å². The standard InChI is InChI=1S/C15H16N2OS/c1-11(13-6-4-3-5-7-13)16-15(18)9-8-14-10-19-12(2)17-14/h3-11H,1-2H3,(H,16,18)/b9-8+. The number of carbonyl (C=O) groups excluding carboxylic acids is 1. The van der Waals surface area contributed by atoms with Crippen molar-refractivity contribution in [1.82, 2.24) is 10.3 Å². The number of aromatic nitrogens is 1. The summed E-state index contributed by atoms with van der Waals surface area (Å²) in [5.41, 5.74) is 1.92. The third-order valence-electron chi connectivity index (χ3n) is 2.70. The molecule has 19 heavy (non-hydrogen) atoms. The Morgan fingerprint density at radius 3 is 2.74 bits per heavy atom. The molecule has 1 unspecified atom stereocenters. The van der Waals surface area contributed by atoms with Gasteiger partial charge in [0.25, 0.3) is 0 Å². The van der Waals surface area contributed by atoms with Gasteiger partial charge in [-0.1, -0.05) is 30.3 Å². The average molecular weight is 272 g/mol. The maximum atomic E-state index is 11.8. The molecule has 0 bridgehead atoms. The quantitative estimate of drug-likeness (QED) is 0.867. The second-order valence-electron chi connectivity index (χ2n) is 4.27. The zero-order chi connectivity index (χ0) is 13.7. The van der Waals surface area contributed by atoms with Gasteiger partial charge < -0.3 is 5.32 Å². The van der Waals surface area contributed by atoms with Crippen LogP contribution in [0.25, 0.3) is 6.08 Å². The molecule has 2 aromatic rings. The van der Waals surface area contributed by atoms with Gasteiger partial charge in [0.15, 0.2) is 0 Å². The van der Waals surface area contributed by atoms with Gasteiger partial charge in [-0.2, -0.15) is 0 Å². The van der Waals surface area contributed by atoms with Crippen LogP contribution in [0, 0.1) is 6.92 Å². The lowest BCUT2D eigenvalue weighted by Gasteiger charge is -2.12. The lowest BCUT2D eigenvalue weighted by atomic mass is 10.1. The number of rotatable bonds is 4. The third kappa shape index (κ3) is 4.03. The van der Waals surface area contributed by atoms with E-state index in [2.05, 4.69) is 10.3 Å². The van der Waals surface area contributed by atoms with Crippen LogP contribution in [-0.4, -0.2) is 10.9 Å². The van der Waals surface area contributed by atoms with E-state index in [-0.39, 0.29) is 11.9 Å². The van der Waals surface area contributed by atoms with Gasteiger partial charge in [0.1, 0.15) is 0 Å². The lowest BCUT2D eigenvalue weighted by molar-refractivity contribution is -0.117. The maximum absolute atomic E-state index is 11.8. The minimum atomic E-state index is -0.109. The van der Waals surface area contributed by atoms with E-state index in [0.717, 1.165) is 16.3 Å². The van der Waals surface area contributed by atoms with E-state index in [0.29, 0.717) is 0 Å². The first kappa shape index (κ1) is 13.5. The maximum Gasteiger partial charge on any atom is 0.244 e. The smallest absolute Gasteiger partial charge is 0.244 e. The Morgan fingerprint density at radius 1 is 1.37 bits per heavy atom. The molecule has 0 saturated carbocycles. The van der Waals surface area contributed by atoms with Crippen molar-refractivity contribution in [3.8, 4) is 0 Å². The molecule has 3 nitrogen and oxygen atoms in total. The summed E-state index contributed by atoms with van der Waals surface area (Å²) in [6, 6.07) is 9.88. The summed E-state index contributed by atoms with van der Waals surface area (Å²) >= 11 is 1.57. The highest BCUT2D eigenvalue weighted by molar-refractivity contribution is 7.09. The SMILES string of the molecule is Cc1nc(/C=C/C(=O)NC(C)c2ccccc2)cs1.